The van der Waals surface area contributed by atoms with Gasteiger partial charge in [-0.05, 0) is 36.5 Å². The number of ether oxygens (including phenoxy) is 1. The predicted octanol–water partition coefficient (Wildman–Crippen LogP) is 3.53. The molecule has 3 heterocycles. The van der Waals surface area contributed by atoms with Gasteiger partial charge < -0.3 is 15.2 Å². The van der Waals surface area contributed by atoms with Crippen LogP contribution in [0, 0.1) is 11.7 Å². The van der Waals surface area contributed by atoms with Crippen LogP contribution in [-0.2, 0) is 24.4 Å². The Hall–Kier alpha value is -2.97. The first kappa shape index (κ1) is 23.2. The molecule has 33 heavy (non-hydrogen) atoms. The molecule has 4 rings (SSSR count). The predicted molar refractivity (Wildman–Crippen MR) is 125 cm³/mol. The largest absolute Gasteiger partial charge is 0.493 e. The lowest BCUT2D eigenvalue weighted by Crippen LogP contribution is -2.36. The molecule has 0 spiro atoms. The molecule has 1 atom stereocenters. The number of nitrogens with one attached hydrogen (secondary N) is 1. The van der Waals surface area contributed by atoms with Gasteiger partial charge in [-0.3, -0.25) is 9.13 Å². The number of aromatic hydroxyl groups is 1. The van der Waals surface area contributed by atoms with Gasteiger partial charge in [-0.15, -0.1) is 0 Å². The normalized spacial score (nSPS) is 16.4. The molecular weight excluding hydrogens is 423 g/mol. The minimum atomic E-state index is -0.329. The highest BCUT2D eigenvalue weighted by molar-refractivity contribution is 5.59. The topological polar surface area (TPSA) is 81.3 Å². The van der Waals surface area contributed by atoms with E-state index in [1.807, 2.05) is 38.1 Å². The number of imidazole rings is 1. The number of pyridine rings is 1. The summed E-state index contributed by atoms with van der Waals surface area (Å²) in [6, 6.07) is 11.0. The van der Waals surface area contributed by atoms with E-state index in [1.165, 1.54) is 21.4 Å². The van der Waals surface area contributed by atoms with E-state index < -0.39 is 0 Å². The molecule has 1 fully saturated rings. The number of nitrogens with zero attached hydrogens (tertiary/aromatic N) is 3. The van der Waals surface area contributed by atoms with Crippen LogP contribution in [0.2, 0.25) is 0 Å². The third kappa shape index (κ3) is 5.69. The number of hydrogen-bond acceptors (Lipinski definition) is 5. The second kappa shape index (κ2) is 10.3. The van der Waals surface area contributed by atoms with Crippen molar-refractivity contribution in [1.82, 2.24) is 19.4 Å². The number of hydrogen-bond donors (Lipinski definition) is 2. The molecule has 0 saturated carbocycles. The standard InChI is InChI=1S/C25H31FN4O3/c1-17(2)13-30-24(31)15-29(25(30)32)14-18-5-7-19(8-6-18)22-10-9-21(26)23(28-22)12-27-20-4-3-11-33-16-20/h5-10,15,17,20,27,31H,3-4,11-14,16H2,1-2H3. The first-order valence-electron chi connectivity index (χ1n) is 11.5. The second-order valence-corrected chi connectivity index (χ2v) is 9.02. The van der Waals surface area contributed by atoms with Gasteiger partial charge in [-0.1, -0.05) is 38.1 Å². The van der Waals surface area contributed by atoms with Crippen LogP contribution < -0.4 is 11.0 Å². The van der Waals surface area contributed by atoms with Crippen molar-refractivity contribution in [2.45, 2.75) is 52.4 Å². The van der Waals surface area contributed by atoms with Crippen molar-refractivity contribution in [2.24, 2.45) is 5.92 Å². The van der Waals surface area contributed by atoms with Crippen LogP contribution in [0.5, 0.6) is 5.88 Å². The van der Waals surface area contributed by atoms with E-state index in [0.29, 0.717) is 37.6 Å². The van der Waals surface area contributed by atoms with Crippen LogP contribution >= 0.6 is 0 Å². The van der Waals surface area contributed by atoms with E-state index in [9.17, 15) is 14.3 Å². The van der Waals surface area contributed by atoms with Crippen LogP contribution in [0.1, 0.15) is 37.9 Å². The Balaban J connectivity index is 1.45. The molecule has 1 saturated heterocycles. The van der Waals surface area contributed by atoms with E-state index in [1.54, 1.807) is 6.07 Å². The molecule has 176 valence electrons. The minimum absolute atomic E-state index is 0.0261. The van der Waals surface area contributed by atoms with Crippen LogP contribution in [0.4, 0.5) is 4.39 Å². The first-order valence-corrected chi connectivity index (χ1v) is 11.5. The molecule has 3 aromatic rings. The summed E-state index contributed by atoms with van der Waals surface area (Å²) in [6.45, 7) is 6.60. The fraction of sp³-hybridized carbons (Fsp3) is 0.440. The fourth-order valence-corrected chi connectivity index (χ4v) is 4.06. The van der Waals surface area contributed by atoms with Gasteiger partial charge in [0.25, 0.3) is 0 Å². The average Bonchev–Trinajstić information content (AvgIpc) is 3.07. The Morgan fingerprint density at radius 3 is 2.73 bits per heavy atom. The van der Waals surface area contributed by atoms with Gasteiger partial charge in [0.2, 0.25) is 5.88 Å². The molecule has 2 aromatic heterocycles. The Kier molecular flexibility index (Phi) is 7.25. The third-order valence-corrected chi connectivity index (χ3v) is 5.81. The van der Waals surface area contributed by atoms with E-state index >= 15 is 0 Å². The average molecular weight is 455 g/mol. The molecule has 1 aromatic carbocycles. The van der Waals surface area contributed by atoms with E-state index in [2.05, 4.69) is 10.3 Å². The second-order valence-electron chi connectivity index (χ2n) is 9.02. The summed E-state index contributed by atoms with van der Waals surface area (Å²) in [7, 11) is 0. The Morgan fingerprint density at radius 1 is 1.24 bits per heavy atom. The van der Waals surface area contributed by atoms with Crippen molar-refractivity contribution >= 4 is 0 Å². The Morgan fingerprint density at radius 2 is 2.03 bits per heavy atom. The maximum absolute atomic E-state index is 14.3. The van der Waals surface area contributed by atoms with Gasteiger partial charge in [0, 0.05) is 31.3 Å². The first-order chi connectivity index (χ1) is 15.9. The molecule has 1 aliphatic heterocycles. The number of aromatic nitrogens is 3. The summed E-state index contributed by atoms with van der Waals surface area (Å²) >= 11 is 0. The van der Waals surface area contributed by atoms with E-state index in [0.717, 1.165) is 30.6 Å². The lowest BCUT2D eigenvalue weighted by atomic mass is 10.1. The van der Waals surface area contributed by atoms with Crippen molar-refractivity contribution in [1.29, 1.82) is 0 Å². The highest BCUT2D eigenvalue weighted by Crippen LogP contribution is 2.20. The Labute approximate surface area is 192 Å². The smallest absolute Gasteiger partial charge is 0.331 e. The SMILES string of the molecule is CC(C)Cn1c(O)cn(Cc2ccc(-c3ccc(F)c(CNC4CCCOC4)n3)cc2)c1=O. The van der Waals surface area contributed by atoms with Crippen molar-refractivity contribution in [3.63, 3.8) is 0 Å². The molecule has 0 radical (unpaired) electrons. The molecule has 8 heteroatoms. The molecule has 1 unspecified atom stereocenters. The molecule has 0 amide bonds. The highest BCUT2D eigenvalue weighted by Gasteiger charge is 2.15. The third-order valence-electron chi connectivity index (χ3n) is 5.81. The molecule has 2 N–H and O–H groups in total. The van der Waals surface area contributed by atoms with Crippen molar-refractivity contribution in [3.05, 3.63) is 70.2 Å². The van der Waals surface area contributed by atoms with Gasteiger partial charge in [-0.2, -0.15) is 0 Å². The van der Waals surface area contributed by atoms with Gasteiger partial charge in [-0.25, -0.2) is 14.2 Å². The van der Waals surface area contributed by atoms with Crippen molar-refractivity contribution < 1.29 is 14.2 Å². The summed E-state index contributed by atoms with van der Waals surface area (Å²) in [5, 5.41) is 13.4. The van der Waals surface area contributed by atoms with Crippen LogP contribution in [0.15, 0.2) is 47.4 Å². The summed E-state index contributed by atoms with van der Waals surface area (Å²) in [4.78, 5) is 17.1. The van der Waals surface area contributed by atoms with E-state index in [-0.39, 0.29) is 29.3 Å². The van der Waals surface area contributed by atoms with Gasteiger partial charge in [0.15, 0.2) is 0 Å². The zero-order valence-electron chi connectivity index (χ0n) is 19.1. The fourth-order valence-electron chi connectivity index (χ4n) is 4.06. The molecule has 7 nitrogen and oxygen atoms in total. The van der Waals surface area contributed by atoms with Gasteiger partial charge >= 0.3 is 5.69 Å². The van der Waals surface area contributed by atoms with Gasteiger partial charge in [0.1, 0.15) is 5.82 Å². The maximum atomic E-state index is 14.3. The summed E-state index contributed by atoms with van der Waals surface area (Å²) in [6.07, 6.45) is 3.50. The lowest BCUT2D eigenvalue weighted by Gasteiger charge is -2.23. The zero-order valence-corrected chi connectivity index (χ0v) is 19.1. The summed E-state index contributed by atoms with van der Waals surface area (Å²) in [5.74, 6) is -0.102. The number of benzene rings is 1. The quantitative estimate of drug-likeness (QED) is 0.544. The number of rotatable bonds is 8. The molecule has 0 aliphatic carbocycles. The van der Waals surface area contributed by atoms with E-state index in [4.69, 9.17) is 4.74 Å². The van der Waals surface area contributed by atoms with Crippen molar-refractivity contribution in [2.75, 3.05) is 13.2 Å². The lowest BCUT2D eigenvalue weighted by molar-refractivity contribution is 0.0697. The summed E-state index contributed by atoms with van der Waals surface area (Å²) < 4.78 is 22.7. The zero-order chi connectivity index (χ0) is 23.4. The molecular formula is C25H31FN4O3. The van der Waals surface area contributed by atoms with Crippen molar-refractivity contribution in [3.8, 4) is 17.1 Å². The van der Waals surface area contributed by atoms with Gasteiger partial charge in [0.05, 0.1) is 30.7 Å². The van der Waals surface area contributed by atoms with Crippen LogP contribution in [0.25, 0.3) is 11.3 Å². The van der Waals surface area contributed by atoms with Crippen LogP contribution in [-0.4, -0.2) is 38.5 Å². The highest BCUT2D eigenvalue weighted by atomic mass is 19.1. The summed E-state index contributed by atoms with van der Waals surface area (Å²) in [5.41, 5.74) is 2.64. The monoisotopic (exact) mass is 454 g/mol. The van der Waals surface area contributed by atoms with Crippen LogP contribution in [0.3, 0.4) is 0 Å². The molecule has 1 aliphatic rings. The number of halogens is 1. The maximum Gasteiger partial charge on any atom is 0.331 e. The Bertz CT molecular complexity index is 1130. The molecule has 0 bridgehead atoms. The minimum Gasteiger partial charge on any atom is -0.493 e.